The van der Waals surface area contributed by atoms with Crippen molar-refractivity contribution < 1.29 is 23.9 Å². The van der Waals surface area contributed by atoms with E-state index < -0.39 is 18.5 Å². The van der Waals surface area contributed by atoms with Crippen molar-refractivity contribution in [1.82, 2.24) is 10.3 Å². The summed E-state index contributed by atoms with van der Waals surface area (Å²) in [6.07, 6.45) is 1.50. The molecule has 0 aliphatic heterocycles. The lowest BCUT2D eigenvalue weighted by Crippen LogP contribution is -2.26. The lowest BCUT2D eigenvalue weighted by molar-refractivity contribution is -0.119. The van der Waals surface area contributed by atoms with E-state index >= 15 is 0 Å². The van der Waals surface area contributed by atoms with Gasteiger partial charge in [-0.15, -0.1) is 0 Å². The number of aryl methyl sites for hydroxylation is 1. The molecule has 8 heteroatoms. The molecule has 0 aliphatic rings. The van der Waals surface area contributed by atoms with Crippen LogP contribution < -0.4 is 15.4 Å². The smallest absolute Gasteiger partial charge is 0.344 e. The third kappa shape index (κ3) is 6.64. The molecule has 0 saturated carbocycles. The molecule has 0 radical (unpaired) electrons. The maximum Gasteiger partial charge on any atom is 0.344 e. The first-order valence-electron chi connectivity index (χ1n) is 10.5. The van der Waals surface area contributed by atoms with Crippen LogP contribution in [0.25, 0.3) is 0 Å². The Morgan fingerprint density at radius 3 is 2.42 bits per heavy atom. The second kappa shape index (κ2) is 11.4. The molecule has 1 aromatic heterocycles. The van der Waals surface area contributed by atoms with E-state index in [9.17, 15) is 14.4 Å². The molecule has 0 spiro atoms. The van der Waals surface area contributed by atoms with E-state index in [1.54, 1.807) is 37.3 Å². The minimum Gasteiger partial charge on any atom is -0.477 e. The molecule has 0 unspecified atom stereocenters. The standard InChI is InChI=1S/C25H25N3O5/c1-3-32-24-20(8-6-14-26-24)25(31)33-16-22(29)28-21-9-5-4-7-19(21)23(30)27-15-18-12-10-17(2)11-13-18/h4-14H,3,15-16H2,1-2H3,(H,27,30)(H,28,29). The number of carbonyl (C=O) groups is 3. The second-order valence-corrected chi connectivity index (χ2v) is 7.13. The Bertz CT molecular complexity index is 1130. The fraction of sp³-hybridized carbons (Fsp3) is 0.200. The molecule has 0 aliphatic carbocycles. The van der Waals surface area contributed by atoms with Gasteiger partial charge in [-0.1, -0.05) is 42.0 Å². The Morgan fingerprint density at radius 1 is 0.939 bits per heavy atom. The summed E-state index contributed by atoms with van der Waals surface area (Å²) in [6.45, 7) is 3.92. The van der Waals surface area contributed by atoms with Gasteiger partial charge in [-0.25, -0.2) is 9.78 Å². The summed E-state index contributed by atoms with van der Waals surface area (Å²) in [5, 5.41) is 5.46. The maximum atomic E-state index is 12.7. The summed E-state index contributed by atoms with van der Waals surface area (Å²) in [5.74, 6) is -1.50. The van der Waals surface area contributed by atoms with Crippen molar-refractivity contribution in [2.75, 3.05) is 18.5 Å². The van der Waals surface area contributed by atoms with Gasteiger partial charge in [0.15, 0.2) is 6.61 Å². The summed E-state index contributed by atoms with van der Waals surface area (Å²) < 4.78 is 10.4. The number of nitrogens with zero attached hydrogens (tertiary/aromatic N) is 1. The Labute approximate surface area is 191 Å². The first-order valence-corrected chi connectivity index (χ1v) is 10.5. The lowest BCUT2D eigenvalue weighted by atomic mass is 10.1. The van der Waals surface area contributed by atoms with Gasteiger partial charge in [0.1, 0.15) is 5.56 Å². The van der Waals surface area contributed by atoms with Gasteiger partial charge >= 0.3 is 5.97 Å². The Morgan fingerprint density at radius 2 is 1.67 bits per heavy atom. The second-order valence-electron chi connectivity index (χ2n) is 7.13. The monoisotopic (exact) mass is 447 g/mol. The predicted molar refractivity (Wildman–Crippen MR) is 123 cm³/mol. The van der Waals surface area contributed by atoms with E-state index in [0.29, 0.717) is 24.4 Å². The highest BCUT2D eigenvalue weighted by Gasteiger charge is 2.18. The van der Waals surface area contributed by atoms with Crippen LogP contribution in [0.3, 0.4) is 0 Å². The van der Waals surface area contributed by atoms with Crippen molar-refractivity contribution in [3.05, 3.63) is 89.1 Å². The number of hydrogen-bond acceptors (Lipinski definition) is 6. The van der Waals surface area contributed by atoms with E-state index in [-0.39, 0.29) is 17.4 Å². The third-order valence-electron chi connectivity index (χ3n) is 4.63. The highest BCUT2D eigenvalue weighted by molar-refractivity contribution is 6.04. The van der Waals surface area contributed by atoms with Gasteiger partial charge in [0.05, 0.1) is 17.9 Å². The molecule has 3 rings (SSSR count). The molecule has 2 aromatic carbocycles. The van der Waals surface area contributed by atoms with Crippen molar-refractivity contribution in [3.63, 3.8) is 0 Å². The average Bonchev–Trinajstić information content (AvgIpc) is 2.83. The minimum absolute atomic E-state index is 0.128. The Kier molecular flexibility index (Phi) is 8.13. The number of benzene rings is 2. The van der Waals surface area contributed by atoms with Crippen LogP contribution in [0.5, 0.6) is 5.88 Å². The number of hydrogen-bond donors (Lipinski definition) is 2. The van der Waals surface area contributed by atoms with E-state index in [2.05, 4.69) is 15.6 Å². The van der Waals surface area contributed by atoms with Gasteiger partial charge in [-0.3, -0.25) is 9.59 Å². The molecule has 0 saturated heterocycles. The van der Waals surface area contributed by atoms with Crippen molar-refractivity contribution in [3.8, 4) is 5.88 Å². The molecule has 0 atom stereocenters. The lowest BCUT2D eigenvalue weighted by Gasteiger charge is -2.12. The highest BCUT2D eigenvalue weighted by Crippen LogP contribution is 2.17. The van der Waals surface area contributed by atoms with Crippen LogP contribution >= 0.6 is 0 Å². The minimum atomic E-state index is -0.731. The van der Waals surface area contributed by atoms with Gasteiger partial charge in [0, 0.05) is 12.7 Å². The third-order valence-corrected chi connectivity index (χ3v) is 4.63. The number of pyridine rings is 1. The zero-order valence-electron chi connectivity index (χ0n) is 18.5. The van der Waals surface area contributed by atoms with E-state index in [4.69, 9.17) is 9.47 Å². The highest BCUT2D eigenvalue weighted by atomic mass is 16.5. The Hall–Kier alpha value is -4.20. The number of carbonyl (C=O) groups excluding carboxylic acids is 3. The summed E-state index contributed by atoms with van der Waals surface area (Å²) in [5.41, 5.74) is 2.84. The molecular formula is C25H25N3O5. The molecule has 0 fully saturated rings. The Balaban J connectivity index is 1.58. The first-order chi connectivity index (χ1) is 16.0. The van der Waals surface area contributed by atoms with Gasteiger partial charge in [-0.2, -0.15) is 0 Å². The fourth-order valence-corrected chi connectivity index (χ4v) is 2.97. The molecule has 2 N–H and O–H groups in total. The van der Waals surface area contributed by atoms with Crippen molar-refractivity contribution in [2.24, 2.45) is 0 Å². The molecule has 8 nitrogen and oxygen atoms in total. The normalized spacial score (nSPS) is 10.2. The molecule has 0 bridgehead atoms. The van der Waals surface area contributed by atoms with Crippen LogP contribution in [-0.4, -0.2) is 36.0 Å². The van der Waals surface area contributed by atoms with E-state index in [0.717, 1.165) is 11.1 Å². The average molecular weight is 447 g/mol. The SMILES string of the molecule is CCOc1ncccc1C(=O)OCC(=O)Nc1ccccc1C(=O)NCc1ccc(C)cc1. The molecule has 1 heterocycles. The summed E-state index contributed by atoms with van der Waals surface area (Å²) >= 11 is 0. The summed E-state index contributed by atoms with van der Waals surface area (Å²) in [6, 6.07) is 17.5. The number of rotatable bonds is 9. The molecule has 170 valence electrons. The van der Waals surface area contributed by atoms with Crippen LogP contribution in [-0.2, 0) is 16.1 Å². The first kappa shape index (κ1) is 23.5. The van der Waals surface area contributed by atoms with Crippen LogP contribution in [0.15, 0.2) is 66.9 Å². The fourth-order valence-electron chi connectivity index (χ4n) is 2.97. The summed E-state index contributed by atoms with van der Waals surface area (Å²) in [7, 11) is 0. The maximum absolute atomic E-state index is 12.7. The number of ether oxygens (including phenoxy) is 2. The van der Waals surface area contributed by atoms with Gasteiger partial charge < -0.3 is 20.1 Å². The van der Waals surface area contributed by atoms with E-state index in [1.165, 1.54) is 12.3 Å². The van der Waals surface area contributed by atoms with Crippen LogP contribution in [0.4, 0.5) is 5.69 Å². The number of anilines is 1. The number of aromatic nitrogens is 1. The van der Waals surface area contributed by atoms with Crippen molar-refractivity contribution in [2.45, 2.75) is 20.4 Å². The largest absolute Gasteiger partial charge is 0.477 e. The number of amides is 2. The van der Waals surface area contributed by atoms with Crippen LogP contribution in [0, 0.1) is 6.92 Å². The van der Waals surface area contributed by atoms with Gasteiger partial charge in [0.2, 0.25) is 5.88 Å². The predicted octanol–water partition coefficient (Wildman–Crippen LogP) is 3.51. The van der Waals surface area contributed by atoms with Crippen LogP contribution in [0.1, 0.15) is 38.8 Å². The van der Waals surface area contributed by atoms with Crippen molar-refractivity contribution >= 4 is 23.5 Å². The number of esters is 1. The van der Waals surface area contributed by atoms with Gasteiger partial charge in [-0.05, 0) is 43.7 Å². The quantitative estimate of drug-likeness (QED) is 0.486. The molecule has 3 aromatic rings. The number of para-hydroxylation sites is 1. The molecule has 33 heavy (non-hydrogen) atoms. The van der Waals surface area contributed by atoms with Crippen molar-refractivity contribution in [1.29, 1.82) is 0 Å². The van der Waals surface area contributed by atoms with Gasteiger partial charge in [0.25, 0.3) is 11.8 Å². The summed E-state index contributed by atoms with van der Waals surface area (Å²) in [4.78, 5) is 41.4. The number of nitrogens with one attached hydrogen (secondary N) is 2. The molecule has 2 amide bonds. The van der Waals surface area contributed by atoms with Crippen LogP contribution in [0.2, 0.25) is 0 Å². The zero-order valence-corrected chi connectivity index (χ0v) is 18.5. The van der Waals surface area contributed by atoms with E-state index in [1.807, 2.05) is 31.2 Å². The zero-order chi connectivity index (χ0) is 23.6. The topological polar surface area (TPSA) is 107 Å². The molecular weight excluding hydrogens is 422 g/mol.